The van der Waals surface area contributed by atoms with E-state index in [0.717, 1.165) is 54.6 Å². The number of morpholine rings is 1. The van der Waals surface area contributed by atoms with Gasteiger partial charge in [0.15, 0.2) is 5.58 Å². The molecule has 0 unspecified atom stereocenters. The highest BCUT2D eigenvalue weighted by Crippen LogP contribution is 2.22. The van der Waals surface area contributed by atoms with Crippen LogP contribution in [0.1, 0.15) is 10.7 Å². The predicted octanol–water partition coefficient (Wildman–Crippen LogP) is 2.75. The number of oxazole rings is 1. The molecule has 3 aromatic rings. The van der Waals surface area contributed by atoms with E-state index in [-0.39, 0.29) is 0 Å². The van der Waals surface area contributed by atoms with E-state index in [1.807, 2.05) is 36.2 Å². The molecule has 6 nitrogen and oxygen atoms in total. The molecule has 126 valence electrons. The van der Waals surface area contributed by atoms with Crippen LogP contribution >= 0.6 is 11.3 Å². The van der Waals surface area contributed by atoms with E-state index >= 15 is 0 Å². The molecule has 0 radical (unpaired) electrons. The van der Waals surface area contributed by atoms with Crippen LogP contribution in [0, 0.1) is 0 Å². The van der Waals surface area contributed by atoms with Gasteiger partial charge in [-0.05, 0) is 12.1 Å². The summed E-state index contributed by atoms with van der Waals surface area (Å²) >= 11 is 1.71. The molecular formula is C17H20N4O2S. The fourth-order valence-corrected chi connectivity index (χ4v) is 3.61. The van der Waals surface area contributed by atoms with Crippen LogP contribution in [0.25, 0.3) is 11.1 Å². The highest BCUT2D eigenvalue weighted by Gasteiger charge is 2.15. The number of anilines is 1. The predicted molar refractivity (Wildman–Crippen MR) is 94.3 cm³/mol. The van der Waals surface area contributed by atoms with Gasteiger partial charge in [0.2, 0.25) is 0 Å². The summed E-state index contributed by atoms with van der Waals surface area (Å²) in [6.07, 6.45) is 0. The Hall–Kier alpha value is -1.96. The molecule has 24 heavy (non-hydrogen) atoms. The van der Waals surface area contributed by atoms with Gasteiger partial charge in [-0.1, -0.05) is 12.1 Å². The number of para-hydroxylation sites is 2. The van der Waals surface area contributed by atoms with Crippen molar-refractivity contribution in [2.75, 3.05) is 38.3 Å². The molecule has 0 spiro atoms. The first kappa shape index (κ1) is 15.6. The number of benzene rings is 1. The summed E-state index contributed by atoms with van der Waals surface area (Å²) in [5.74, 6) is 0. The van der Waals surface area contributed by atoms with Gasteiger partial charge in [0.05, 0.1) is 32.0 Å². The number of hydrogen-bond acceptors (Lipinski definition) is 7. The summed E-state index contributed by atoms with van der Waals surface area (Å²) in [5.41, 5.74) is 2.74. The molecule has 0 N–H and O–H groups in total. The van der Waals surface area contributed by atoms with Crippen molar-refractivity contribution >= 4 is 28.5 Å². The van der Waals surface area contributed by atoms with Gasteiger partial charge >= 0.3 is 0 Å². The Morgan fingerprint density at radius 1 is 1.21 bits per heavy atom. The zero-order chi connectivity index (χ0) is 16.4. The average Bonchev–Trinajstić information content (AvgIpc) is 3.22. The molecule has 7 heteroatoms. The third-order valence-electron chi connectivity index (χ3n) is 4.07. The third-order valence-corrected chi connectivity index (χ3v) is 4.95. The van der Waals surface area contributed by atoms with Crippen LogP contribution in [0.5, 0.6) is 0 Å². The molecule has 2 aromatic heterocycles. The first-order valence-corrected chi connectivity index (χ1v) is 8.96. The largest absolute Gasteiger partial charge is 0.423 e. The third kappa shape index (κ3) is 3.43. The van der Waals surface area contributed by atoms with Crippen LogP contribution in [0.3, 0.4) is 0 Å². The summed E-state index contributed by atoms with van der Waals surface area (Å²) in [5, 5.41) is 3.27. The molecule has 0 bridgehead atoms. The van der Waals surface area contributed by atoms with Crippen molar-refractivity contribution < 1.29 is 9.15 Å². The number of aromatic nitrogens is 2. The van der Waals surface area contributed by atoms with Crippen LogP contribution in [0.4, 0.5) is 6.01 Å². The molecule has 1 fully saturated rings. The number of thiazole rings is 1. The maximum Gasteiger partial charge on any atom is 0.298 e. The van der Waals surface area contributed by atoms with E-state index in [2.05, 4.69) is 15.3 Å². The maximum atomic E-state index is 5.80. The molecule has 3 heterocycles. The van der Waals surface area contributed by atoms with E-state index in [9.17, 15) is 0 Å². The van der Waals surface area contributed by atoms with Gasteiger partial charge in [-0.3, -0.25) is 4.90 Å². The minimum absolute atomic E-state index is 0.624. The second-order valence-corrected chi connectivity index (χ2v) is 6.88. The molecular weight excluding hydrogens is 324 g/mol. The lowest BCUT2D eigenvalue weighted by Crippen LogP contribution is -2.35. The van der Waals surface area contributed by atoms with Crippen LogP contribution in [0.15, 0.2) is 34.1 Å². The lowest BCUT2D eigenvalue weighted by Gasteiger charge is -2.25. The monoisotopic (exact) mass is 344 g/mol. The molecule has 1 aliphatic rings. The molecule has 0 atom stereocenters. The number of nitrogens with zero attached hydrogens (tertiary/aromatic N) is 4. The number of fused-ring (bicyclic) bond motifs is 1. The number of ether oxygens (including phenoxy) is 1. The fraction of sp³-hybridized carbons (Fsp3) is 0.412. The Balaban J connectivity index is 1.41. The number of rotatable bonds is 5. The second kappa shape index (κ2) is 6.88. The van der Waals surface area contributed by atoms with Gasteiger partial charge in [-0.15, -0.1) is 11.3 Å². The Morgan fingerprint density at radius 3 is 2.88 bits per heavy atom. The van der Waals surface area contributed by atoms with Gasteiger partial charge in [0.1, 0.15) is 10.5 Å². The minimum Gasteiger partial charge on any atom is -0.423 e. The van der Waals surface area contributed by atoms with Gasteiger partial charge in [-0.2, -0.15) is 4.98 Å². The SMILES string of the molecule is CN(Cc1csc(CN2CCOCC2)n1)c1nc2ccccc2o1. The quantitative estimate of drug-likeness (QED) is 0.709. The summed E-state index contributed by atoms with van der Waals surface area (Å²) in [7, 11) is 1.98. The minimum atomic E-state index is 0.624. The Labute approximate surface area is 144 Å². The Morgan fingerprint density at radius 2 is 2.04 bits per heavy atom. The van der Waals surface area contributed by atoms with Gasteiger partial charge < -0.3 is 14.1 Å². The standard InChI is InChI=1S/C17H20N4O2S/c1-20(17-19-14-4-2-3-5-15(14)23-17)10-13-12-24-16(18-13)11-21-6-8-22-9-7-21/h2-5,12H,6-11H2,1H3. The summed E-state index contributed by atoms with van der Waals surface area (Å²) < 4.78 is 11.2. The summed E-state index contributed by atoms with van der Waals surface area (Å²) in [6.45, 7) is 5.19. The van der Waals surface area contributed by atoms with Gasteiger partial charge in [0.25, 0.3) is 6.01 Å². The first-order chi connectivity index (χ1) is 11.8. The molecule has 0 saturated carbocycles. The van der Waals surface area contributed by atoms with Gasteiger partial charge in [-0.25, -0.2) is 4.98 Å². The number of hydrogen-bond donors (Lipinski definition) is 0. The van der Waals surface area contributed by atoms with Crippen molar-refractivity contribution in [1.29, 1.82) is 0 Å². The summed E-state index contributed by atoms with van der Waals surface area (Å²) in [6, 6.07) is 8.43. The van der Waals surface area contributed by atoms with Crippen LogP contribution in [0.2, 0.25) is 0 Å². The Kier molecular flexibility index (Phi) is 4.46. The van der Waals surface area contributed by atoms with Crippen molar-refractivity contribution in [2.45, 2.75) is 13.1 Å². The maximum absolute atomic E-state index is 5.80. The van der Waals surface area contributed by atoms with Crippen LogP contribution in [-0.2, 0) is 17.8 Å². The molecule has 0 amide bonds. The molecule has 1 saturated heterocycles. The van der Waals surface area contributed by atoms with Crippen LogP contribution in [-0.4, -0.2) is 48.2 Å². The Bertz CT molecular complexity index is 777. The highest BCUT2D eigenvalue weighted by atomic mass is 32.1. The smallest absolute Gasteiger partial charge is 0.298 e. The van der Waals surface area contributed by atoms with E-state index < -0.39 is 0 Å². The van der Waals surface area contributed by atoms with Crippen molar-refractivity contribution in [3.05, 3.63) is 40.3 Å². The average molecular weight is 344 g/mol. The van der Waals surface area contributed by atoms with Gasteiger partial charge in [0, 0.05) is 25.5 Å². The van der Waals surface area contributed by atoms with E-state index in [1.54, 1.807) is 11.3 Å². The zero-order valence-corrected chi connectivity index (χ0v) is 14.5. The fourth-order valence-electron chi connectivity index (χ4n) is 2.78. The van der Waals surface area contributed by atoms with E-state index in [1.165, 1.54) is 0 Å². The van der Waals surface area contributed by atoms with E-state index in [4.69, 9.17) is 14.1 Å². The van der Waals surface area contributed by atoms with Crippen molar-refractivity contribution in [3.63, 3.8) is 0 Å². The zero-order valence-electron chi connectivity index (χ0n) is 13.6. The molecule has 4 rings (SSSR count). The second-order valence-electron chi connectivity index (χ2n) is 5.94. The van der Waals surface area contributed by atoms with E-state index in [0.29, 0.717) is 12.6 Å². The highest BCUT2D eigenvalue weighted by molar-refractivity contribution is 7.09. The van der Waals surface area contributed by atoms with Crippen molar-refractivity contribution in [2.24, 2.45) is 0 Å². The topological polar surface area (TPSA) is 54.6 Å². The lowest BCUT2D eigenvalue weighted by molar-refractivity contribution is 0.0341. The van der Waals surface area contributed by atoms with Crippen molar-refractivity contribution in [1.82, 2.24) is 14.9 Å². The lowest BCUT2D eigenvalue weighted by atomic mass is 10.3. The normalized spacial score (nSPS) is 15.9. The summed E-state index contributed by atoms with van der Waals surface area (Å²) in [4.78, 5) is 13.6. The molecule has 1 aliphatic heterocycles. The molecule has 1 aromatic carbocycles. The first-order valence-electron chi connectivity index (χ1n) is 8.08. The van der Waals surface area contributed by atoms with Crippen molar-refractivity contribution in [3.8, 4) is 0 Å². The molecule has 0 aliphatic carbocycles. The van der Waals surface area contributed by atoms with Crippen LogP contribution < -0.4 is 4.90 Å².